The first-order valence-electron chi connectivity index (χ1n) is 2.58. The van der Waals surface area contributed by atoms with Gasteiger partial charge in [0, 0.05) is 19.8 Å². The predicted octanol–water partition coefficient (Wildman–Crippen LogP) is 0.943. The van der Waals surface area contributed by atoms with Crippen molar-refractivity contribution >= 4 is 0 Å². The van der Waals surface area contributed by atoms with E-state index in [0.29, 0.717) is 6.54 Å². The molecule has 0 atom stereocenters. The van der Waals surface area contributed by atoms with Crippen LogP contribution < -0.4 is 5.73 Å². The molecule has 0 aliphatic carbocycles. The van der Waals surface area contributed by atoms with Crippen LogP contribution in [0.3, 0.4) is 0 Å². The van der Waals surface area contributed by atoms with E-state index in [4.69, 9.17) is 5.73 Å². The van der Waals surface area contributed by atoms with E-state index >= 15 is 0 Å². The summed E-state index contributed by atoms with van der Waals surface area (Å²) in [6.07, 6.45) is 0. The van der Waals surface area contributed by atoms with E-state index in [0.717, 1.165) is 5.56 Å². The van der Waals surface area contributed by atoms with Gasteiger partial charge < -0.3 is 5.73 Å². The topological polar surface area (TPSA) is 26.0 Å². The third-order valence-corrected chi connectivity index (χ3v) is 1.02. The zero-order valence-electron chi connectivity index (χ0n) is 4.95. The molecule has 0 saturated heterocycles. The molecule has 1 rings (SSSR count). The van der Waals surface area contributed by atoms with Gasteiger partial charge in [0.05, 0.1) is 0 Å². The Morgan fingerprint density at radius 2 is 1.89 bits per heavy atom. The standard InChI is InChI=1S/C7H8N.Os/c8-6-7-4-2-1-3-5-7;/h2-5H,6,8H2;/q-1;. The van der Waals surface area contributed by atoms with Crippen molar-refractivity contribution in [3.63, 3.8) is 0 Å². The number of nitrogens with two attached hydrogens (primary N) is 1. The van der Waals surface area contributed by atoms with Crippen molar-refractivity contribution in [1.29, 1.82) is 0 Å². The van der Waals surface area contributed by atoms with Crippen molar-refractivity contribution in [2.45, 2.75) is 6.54 Å². The van der Waals surface area contributed by atoms with Crippen LogP contribution in [-0.4, -0.2) is 0 Å². The van der Waals surface area contributed by atoms with Crippen molar-refractivity contribution in [3.05, 3.63) is 35.9 Å². The van der Waals surface area contributed by atoms with Gasteiger partial charge in [-0.25, -0.2) is 0 Å². The van der Waals surface area contributed by atoms with Gasteiger partial charge in [-0.15, -0.1) is 5.56 Å². The minimum Gasteiger partial charge on any atom is -0.328 e. The Kier molecular flexibility index (Phi) is 4.58. The first-order chi connectivity index (χ1) is 3.93. The van der Waals surface area contributed by atoms with Crippen LogP contribution in [0.25, 0.3) is 0 Å². The minimum atomic E-state index is 0. The van der Waals surface area contributed by atoms with Gasteiger partial charge in [-0.05, 0) is 6.54 Å². The van der Waals surface area contributed by atoms with E-state index in [1.807, 2.05) is 24.3 Å². The third-order valence-electron chi connectivity index (χ3n) is 1.02. The van der Waals surface area contributed by atoms with Crippen LogP contribution in [0, 0.1) is 6.07 Å². The average Bonchev–Trinajstić information content (AvgIpc) is 1.90. The summed E-state index contributed by atoms with van der Waals surface area (Å²) >= 11 is 0. The Bertz CT molecular complexity index is 150. The fourth-order valence-electron chi connectivity index (χ4n) is 0.557. The molecule has 0 amide bonds. The van der Waals surface area contributed by atoms with Crippen molar-refractivity contribution in [1.82, 2.24) is 0 Å². The molecule has 0 radical (unpaired) electrons. The van der Waals surface area contributed by atoms with Gasteiger partial charge in [0.2, 0.25) is 0 Å². The maximum absolute atomic E-state index is 5.34. The van der Waals surface area contributed by atoms with E-state index < -0.39 is 0 Å². The van der Waals surface area contributed by atoms with E-state index in [-0.39, 0.29) is 19.8 Å². The molecule has 0 aliphatic heterocycles. The van der Waals surface area contributed by atoms with Crippen LogP contribution in [0.15, 0.2) is 24.3 Å². The monoisotopic (exact) mass is 298 g/mol. The molecule has 0 aliphatic rings. The molecule has 0 spiro atoms. The fourth-order valence-corrected chi connectivity index (χ4v) is 0.557. The molecule has 0 heterocycles. The molecular formula is C7H8NOs-. The molecule has 1 nitrogen and oxygen atoms in total. The van der Waals surface area contributed by atoms with Crippen molar-refractivity contribution in [2.75, 3.05) is 0 Å². The molecule has 1 aromatic rings. The van der Waals surface area contributed by atoms with Gasteiger partial charge in [-0.3, -0.25) is 0 Å². The molecule has 1 aromatic carbocycles. The van der Waals surface area contributed by atoms with Crippen LogP contribution in [-0.2, 0) is 26.3 Å². The Labute approximate surface area is 68.3 Å². The first kappa shape index (κ1) is 8.82. The average molecular weight is 296 g/mol. The van der Waals surface area contributed by atoms with Crippen LogP contribution in [0.4, 0.5) is 0 Å². The second kappa shape index (κ2) is 4.67. The summed E-state index contributed by atoms with van der Waals surface area (Å²) in [5.41, 5.74) is 6.49. The molecule has 2 heteroatoms. The second-order valence-electron chi connectivity index (χ2n) is 1.61. The quantitative estimate of drug-likeness (QED) is 0.767. The predicted molar refractivity (Wildman–Crippen MR) is 33.2 cm³/mol. The van der Waals surface area contributed by atoms with Gasteiger partial charge in [0.15, 0.2) is 0 Å². The molecule has 2 N–H and O–H groups in total. The molecular weight excluding hydrogens is 288 g/mol. The summed E-state index contributed by atoms with van der Waals surface area (Å²) in [6, 6.07) is 10.6. The minimum absolute atomic E-state index is 0. The van der Waals surface area contributed by atoms with E-state index in [1.165, 1.54) is 0 Å². The SMILES string of the molecule is NCc1cc[c-]cc1.[Os]. The number of benzene rings is 1. The number of rotatable bonds is 1. The van der Waals surface area contributed by atoms with E-state index in [9.17, 15) is 0 Å². The van der Waals surface area contributed by atoms with Gasteiger partial charge in [-0.2, -0.15) is 30.3 Å². The summed E-state index contributed by atoms with van der Waals surface area (Å²) < 4.78 is 0. The van der Waals surface area contributed by atoms with Crippen LogP contribution >= 0.6 is 0 Å². The third kappa shape index (κ3) is 2.74. The van der Waals surface area contributed by atoms with Crippen LogP contribution in [0.1, 0.15) is 5.56 Å². The molecule has 9 heavy (non-hydrogen) atoms. The summed E-state index contributed by atoms with van der Waals surface area (Å²) in [4.78, 5) is 0. The Hall–Kier alpha value is -0.184. The Morgan fingerprint density at radius 1 is 1.33 bits per heavy atom. The number of hydrogen-bond donors (Lipinski definition) is 1. The van der Waals surface area contributed by atoms with Crippen molar-refractivity contribution in [3.8, 4) is 0 Å². The van der Waals surface area contributed by atoms with Gasteiger partial charge in [0.25, 0.3) is 0 Å². The largest absolute Gasteiger partial charge is 0.328 e. The van der Waals surface area contributed by atoms with Crippen LogP contribution in [0.2, 0.25) is 0 Å². The fraction of sp³-hybridized carbons (Fsp3) is 0.143. The zero-order chi connectivity index (χ0) is 5.82. The number of hydrogen-bond acceptors (Lipinski definition) is 1. The smallest absolute Gasteiger partial charge is 0 e. The summed E-state index contributed by atoms with van der Waals surface area (Å²) in [7, 11) is 0. The maximum Gasteiger partial charge on any atom is 0 e. The first-order valence-corrected chi connectivity index (χ1v) is 2.58. The zero-order valence-corrected chi connectivity index (χ0v) is 7.49. The molecule has 0 aromatic heterocycles. The normalized spacial score (nSPS) is 8.11. The van der Waals surface area contributed by atoms with Gasteiger partial charge in [0.1, 0.15) is 0 Å². The molecule has 0 saturated carbocycles. The Morgan fingerprint density at radius 3 is 2.22 bits per heavy atom. The molecule has 0 fully saturated rings. The van der Waals surface area contributed by atoms with E-state index in [1.54, 1.807) is 0 Å². The van der Waals surface area contributed by atoms with Crippen molar-refractivity contribution in [2.24, 2.45) is 5.73 Å². The van der Waals surface area contributed by atoms with E-state index in [2.05, 4.69) is 6.07 Å². The molecule has 0 bridgehead atoms. The summed E-state index contributed by atoms with van der Waals surface area (Å²) in [6.45, 7) is 0.620. The van der Waals surface area contributed by atoms with Gasteiger partial charge in [-0.1, -0.05) is 0 Å². The van der Waals surface area contributed by atoms with Crippen molar-refractivity contribution < 1.29 is 19.8 Å². The summed E-state index contributed by atoms with van der Waals surface area (Å²) in [5, 5.41) is 0. The summed E-state index contributed by atoms with van der Waals surface area (Å²) in [5.74, 6) is 0. The van der Waals surface area contributed by atoms with Gasteiger partial charge >= 0.3 is 0 Å². The second-order valence-corrected chi connectivity index (χ2v) is 1.61. The Balaban J connectivity index is 0.000000640. The molecule has 50 valence electrons. The maximum atomic E-state index is 5.34. The molecule has 0 unspecified atom stereocenters. The van der Waals surface area contributed by atoms with Crippen LogP contribution in [0.5, 0.6) is 0 Å².